The molecule has 0 radical (unpaired) electrons. The highest BCUT2D eigenvalue weighted by Crippen LogP contribution is 2.54. The number of hydrogen-bond donors (Lipinski definition) is 0. The molecule has 0 amide bonds. The number of piperazine rings is 1. The Bertz CT molecular complexity index is 925. The van der Waals surface area contributed by atoms with Crippen molar-refractivity contribution in [2.24, 2.45) is 0 Å². The summed E-state index contributed by atoms with van der Waals surface area (Å²) in [5, 5.41) is 0. The SMILES string of the molecule is CN1CCN(CN2CC3(COc4cc5c(cc43)OCO5)c3ccccc32)CC1. The number of benzene rings is 2. The van der Waals surface area contributed by atoms with Crippen LogP contribution in [0.15, 0.2) is 36.4 Å². The molecule has 4 aliphatic heterocycles. The maximum Gasteiger partial charge on any atom is 0.231 e. The summed E-state index contributed by atoms with van der Waals surface area (Å²) in [7, 11) is 2.20. The number of nitrogens with zero attached hydrogens (tertiary/aromatic N) is 3. The normalized spacial score (nSPS) is 25.8. The standard InChI is InChI=1S/C22H25N3O3/c1-23-6-8-24(9-7-23)14-25-12-22(16-4-2-3-5-18(16)25)13-26-19-11-21-20(10-17(19)22)27-15-28-21/h2-5,10-11H,6-9,12-15H2,1H3. The van der Waals surface area contributed by atoms with E-state index in [2.05, 4.69) is 52.1 Å². The third-order valence-corrected chi connectivity index (χ3v) is 6.65. The quantitative estimate of drug-likeness (QED) is 0.796. The lowest BCUT2D eigenvalue weighted by Gasteiger charge is -2.36. The largest absolute Gasteiger partial charge is 0.492 e. The molecule has 28 heavy (non-hydrogen) atoms. The van der Waals surface area contributed by atoms with Gasteiger partial charge in [-0.15, -0.1) is 0 Å². The molecule has 1 fully saturated rings. The van der Waals surface area contributed by atoms with Crippen molar-refractivity contribution in [1.82, 2.24) is 9.80 Å². The molecule has 4 aliphatic rings. The van der Waals surface area contributed by atoms with Gasteiger partial charge in [-0.2, -0.15) is 0 Å². The van der Waals surface area contributed by atoms with E-state index in [0.29, 0.717) is 6.61 Å². The summed E-state index contributed by atoms with van der Waals surface area (Å²) in [5.41, 5.74) is 3.78. The van der Waals surface area contributed by atoms with Crippen molar-refractivity contribution in [2.75, 3.05) is 64.7 Å². The maximum atomic E-state index is 6.19. The number of para-hydroxylation sites is 1. The van der Waals surface area contributed by atoms with Crippen molar-refractivity contribution in [1.29, 1.82) is 0 Å². The first kappa shape index (κ1) is 16.5. The van der Waals surface area contributed by atoms with E-state index < -0.39 is 0 Å². The fraction of sp³-hybridized carbons (Fsp3) is 0.455. The van der Waals surface area contributed by atoms with Gasteiger partial charge >= 0.3 is 0 Å². The first-order valence-electron chi connectivity index (χ1n) is 10.1. The van der Waals surface area contributed by atoms with E-state index >= 15 is 0 Å². The molecule has 0 N–H and O–H groups in total. The minimum Gasteiger partial charge on any atom is -0.492 e. The molecule has 0 aromatic heterocycles. The minimum atomic E-state index is -0.139. The van der Waals surface area contributed by atoms with E-state index in [-0.39, 0.29) is 12.2 Å². The van der Waals surface area contributed by atoms with E-state index in [1.807, 2.05) is 6.07 Å². The van der Waals surface area contributed by atoms with E-state index in [0.717, 1.165) is 56.6 Å². The molecule has 1 atom stereocenters. The van der Waals surface area contributed by atoms with Gasteiger partial charge in [-0.25, -0.2) is 0 Å². The van der Waals surface area contributed by atoms with Gasteiger partial charge in [0.1, 0.15) is 12.4 Å². The second kappa shape index (κ2) is 6.03. The summed E-state index contributed by atoms with van der Waals surface area (Å²) in [4.78, 5) is 7.50. The maximum absolute atomic E-state index is 6.19. The molecule has 1 spiro atoms. The zero-order valence-electron chi connectivity index (χ0n) is 16.2. The number of fused-ring (bicyclic) bond motifs is 5. The number of rotatable bonds is 2. The van der Waals surface area contributed by atoms with E-state index in [1.165, 1.54) is 16.8 Å². The van der Waals surface area contributed by atoms with Crippen LogP contribution in [0.1, 0.15) is 11.1 Å². The van der Waals surface area contributed by atoms with Crippen LogP contribution in [0.25, 0.3) is 0 Å². The van der Waals surface area contributed by atoms with Crippen molar-refractivity contribution < 1.29 is 14.2 Å². The predicted molar refractivity (Wildman–Crippen MR) is 107 cm³/mol. The molecule has 2 aromatic rings. The fourth-order valence-electron chi connectivity index (χ4n) is 5.06. The Morgan fingerprint density at radius 1 is 0.893 bits per heavy atom. The average Bonchev–Trinajstić information content (AvgIpc) is 3.40. The van der Waals surface area contributed by atoms with Crippen molar-refractivity contribution in [2.45, 2.75) is 5.41 Å². The Balaban J connectivity index is 1.37. The topological polar surface area (TPSA) is 37.4 Å². The molecule has 6 rings (SSSR count). The summed E-state index contributed by atoms with van der Waals surface area (Å²) in [6.07, 6.45) is 0. The van der Waals surface area contributed by atoms with E-state index in [1.54, 1.807) is 0 Å². The molecule has 0 aliphatic carbocycles. The molecular weight excluding hydrogens is 354 g/mol. The highest BCUT2D eigenvalue weighted by Gasteiger charge is 2.50. The van der Waals surface area contributed by atoms with Gasteiger partial charge in [-0.3, -0.25) is 4.90 Å². The van der Waals surface area contributed by atoms with Crippen LogP contribution in [-0.4, -0.2) is 69.6 Å². The van der Waals surface area contributed by atoms with Crippen LogP contribution in [0.3, 0.4) is 0 Å². The summed E-state index contributed by atoms with van der Waals surface area (Å²) in [6.45, 7) is 7.37. The average molecular weight is 379 g/mol. The molecule has 146 valence electrons. The lowest BCUT2D eigenvalue weighted by atomic mass is 9.77. The van der Waals surface area contributed by atoms with Crippen LogP contribution in [0.2, 0.25) is 0 Å². The molecule has 1 unspecified atom stereocenters. The van der Waals surface area contributed by atoms with Crippen LogP contribution in [0.5, 0.6) is 17.2 Å². The van der Waals surface area contributed by atoms with Crippen molar-refractivity contribution >= 4 is 5.69 Å². The molecule has 0 saturated carbocycles. The third kappa shape index (κ3) is 2.34. The molecule has 4 heterocycles. The molecule has 6 nitrogen and oxygen atoms in total. The van der Waals surface area contributed by atoms with Gasteiger partial charge in [0, 0.05) is 50.0 Å². The Kier molecular flexibility index (Phi) is 3.55. The van der Waals surface area contributed by atoms with Crippen LogP contribution in [0, 0.1) is 0 Å². The Labute approximate surface area is 165 Å². The first-order chi connectivity index (χ1) is 13.7. The Morgan fingerprint density at radius 2 is 1.68 bits per heavy atom. The van der Waals surface area contributed by atoms with Gasteiger partial charge < -0.3 is 24.0 Å². The van der Waals surface area contributed by atoms with Gasteiger partial charge in [0.15, 0.2) is 11.5 Å². The summed E-state index contributed by atoms with van der Waals surface area (Å²) in [6, 6.07) is 12.9. The van der Waals surface area contributed by atoms with Crippen LogP contribution >= 0.6 is 0 Å². The summed E-state index contributed by atoms with van der Waals surface area (Å²) in [5.74, 6) is 2.55. The van der Waals surface area contributed by atoms with Crippen molar-refractivity contribution in [3.05, 3.63) is 47.5 Å². The predicted octanol–water partition coefficient (Wildman–Crippen LogP) is 2.12. The van der Waals surface area contributed by atoms with Crippen molar-refractivity contribution in [3.8, 4) is 17.2 Å². The Morgan fingerprint density at radius 3 is 2.54 bits per heavy atom. The molecule has 1 saturated heterocycles. The van der Waals surface area contributed by atoms with E-state index in [9.17, 15) is 0 Å². The number of ether oxygens (including phenoxy) is 3. The van der Waals surface area contributed by atoms with Gasteiger partial charge in [-0.05, 0) is 24.7 Å². The van der Waals surface area contributed by atoms with E-state index in [4.69, 9.17) is 14.2 Å². The number of anilines is 1. The second-order valence-electron chi connectivity index (χ2n) is 8.35. The highest BCUT2D eigenvalue weighted by molar-refractivity contribution is 5.70. The Hall–Kier alpha value is -2.44. The first-order valence-corrected chi connectivity index (χ1v) is 10.1. The summed E-state index contributed by atoms with van der Waals surface area (Å²) >= 11 is 0. The lowest BCUT2D eigenvalue weighted by Crippen LogP contribution is -2.49. The monoisotopic (exact) mass is 379 g/mol. The molecular formula is C22H25N3O3. The summed E-state index contributed by atoms with van der Waals surface area (Å²) < 4.78 is 17.4. The third-order valence-electron chi connectivity index (χ3n) is 6.65. The van der Waals surface area contributed by atoms with Gasteiger partial charge in [-0.1, -0.05) is 18.2 Å². The minimum absolute atomic E-state index is 0.139. The van der Waals surface area contributed by atoms with Crippen LogP contribution in [-0.2, 0) is 5.41 Å². The number of hydrogen-bond acceptors (Lipinski definition) is 6. The number of likely N-dealkylation sites (N-methyl/N-ethyl adjacent to an activating group) is 1. The second-order valence-corrected chi connectivity index (χ2v) is 8.35. The van der Waals surface area contributed by atoms with Crippen LogP contribution in [0.4, 0.5) is 5.69 Å². The van der Waals surface area contributed by atoms with Gasteiger partial charge in [0.05, 0.1) is 12.1 Å². The zero-order valence-corrected chi connectivity index (χ0v) is 16.2. The highest BCUT2D eigenvalue weighted by atomic mass is 16.7. The molecule has 6 heteroatoms. The smallest absolute Gasteiger partial charge is 0.231 e. The zero-order chi connectivity index (χ0) is 18.7. The molecule has 2 aromatic carbocycles. The van der Waals surface area contributed by atoms with Gasteiger partial charge in [0.2, 0.25) is 6.79 Å². The van der Waals surface area contributed by atoms with Crippen molar-refractivity contribution in [3.63, 3.8) is 0 Å². The van der Waals surface area contributed by atoms with Crippen LogP contribution < -0.4 is 19.1 Å². The fourth-order valence-corrected chi connectivity index (χ4v) is 5.06. The van der Waals surface area contributed by atoms with Gasteiger partial charge in [0.25, 0.3) is 0 Å². The lowest BCUT2D eigenvalue weighted by molar-refractivity contribution is 0.153. The molecule has 0 bridgehead atoms.